The Morgan fingerprint density at radius 2 is 2.17 bits per heavy atom. The van der Waals surface area contributed by atoms with Crippen LogP contribution in [0.15, 0.2) is 0 Å². The van der Waals surface area contributed by atoms with Crippen LogP contribution in [0.2, 0.25) is 0 Å². The van der Waals surface area contributed by atoms with Gasteiger partial charge in [0.25, 0.3) is 5.91 Å². The molecule has 0 saturated carbocycles. The van der Waals surface area contributed by atoms with E-state index in [1.54, 1.807) is 6.92 Å². The fraction of sp³-hybridized carbons (Fsp3) is 0.500. The quantitative estimate of drug-likeness (QED) is 0.465. The van der Waals surface area contributed by atoms with E-state index in [1.165, 1.54) is 7.11 Å². The van der Waals surface area contributed by atoms with Crippen molar-refractivity contribution in [3.63, 3.8) is 0 Å². The van der Waals surface area contributed by atoms with Crippen LogP contribution in [0.1, 0.15) is 13.3 Å². The Morgan fingerprint density at radius 3 is 2.67 bits per heavy atom. The first-order valence-corrected chi connectivity index (χ1v) is 3.48. The molecule has 12 heavy (non-hydrogen) atoms. The van der Waals surface area contributed by atoms with Gasteiger partial charge in [0.1, 0.15) is 0 Å². The minimum atomic E-state index is -0.374. The first-order valence-electron chi connectivity index (χ1n) is 3.48. The molecule has 0 fully saturated rings. The van der Waals surface area contributed by atoms with Gasteiger partial charge >= 0.3 is 5.97 Å². The third kappa shape index (κ3) is 5.30. The number of hydrogen-bond donors (Lipinski definition) is 1. The van der Waals surface area contributed by atoms with Crippen molar-refractivity contribution in [3.05, 3.63) is 0 Å². The van der Waals surface area contributed by atoms with Gasteiger partial charge in [-0.15, -0.1) is 0 Å². The zero-order valence-corrected chi connectivity index (χ0v) is 7.14. The monoisotopic (exact) mass is 169 g/mol. The molecular weight excluding hydrogens is 158 g/mol. The third-order valence-electron chi connectivity index (χ3n) is 1.08. The molecule has 0 rings (SSSR count). The van der Waals surface area contributed by atoms with E-state index in [4.69, 9.17) is 0 Å². The molecule has 0 atom stereocenters. The van der Waals surface area contributed by atoms with Gasteiger partial charge in [-0.25, -0.2) is 0 Å². The van der Waals surface area contributed by atoms with Gasteiger partial charge in [-0.3, -0.25) is 9.59 Å². The Kier molecular flexibility index (Phi) is 5.45. The van der Waals surface area contributed by atoms with E-state index in [-0.39, 0.29) is 24.8 Å². The number of rotatable bonds is 3. The Hall–Kier alpha value is -1.50. The van der Waals surface area contributed by atoms with Crippen LogP contribution >= 0.6 is 0 Å². The molecule has 0 bridgehead atoms. The molecule has 0 aromatic heterocycles. The van der Waals surface area contributed by atoms with Gasteiger partial charge in [0, 0.05) is 6.54 Å². The number of carbonyl (C=O) groups is 2. The highest BCUT2D eigenvalue weighted by Crippen LogP contribution is 1.80. The van der Waals surface area contributed by atoms with Gasteiger partial charge in [0.2, 0.25) is 0 Å². The van der Waals surface area contributed by atoms with E-state index >= 15 is 0 Å². The molecule has 0 aliphatic heterocycles. The van der Waals surface area contributed by atoms with Crippen LogP contribution < -0.4 is 5.32 Å². The normalized spacial score (nSPS) is 7.83. The average molecular weight is 169 g/mol. The van der Waals surface area contributed by atoms with Crippen LogP contribution in [0.3, 0.4) is 0 Å². The number of nitrogens with one attached hydrogen (secondary N) is 1. The minimum Gasteiger partial charge on any atom is -0.469 e. The van der Waals surface area contributed by atoms with Crippen LogP contribution in [0, 0.1) is 11.8 Å². The molecule has 0 aromatic carbocycles. The van der Waals surface area contributed by atoms with Crippen molar-refractivity contribution < 1.29 is 14.3 Å². The molecule has 0 heterocycles. The molecule has 0 aliphatic carbocycles. The second-order valence-electron chi connectivity index (χ2n) is 1.96. The molecule has 0 unspecified atom stereocenters. The van der Waals surface area contributed by atoms with Crippen LogP contribution in [0.5, 0.6) is 0 Å². The van der Waals surface area contributed by atoms with Gasteiger partial charge < -0.3 is 10.1 Å². The van der Waals surface area contributed by atoms with Crippen molar-refractivity contribution in [2.24, 2.45) is 0 Å². The summed E-state index contributed by atoms with van der Waals surface area (Å²) in [6, 6.07) is 0. The zero-order chi connectivity index (χ0) is 9.40. The molecule has 0 aromatic rings. The van der Waals surface area contributed by atoms with Crippen LogP contribution in [0.25, 0.3) is 0 Å². The van der Waals surface area contributed by atoms with Crippen molar-refractivity contribution in [1.82, 2.24) is 5.32 Å². The van der Waals surface area contributed by atoms with E-state index < -0.39 is 0 Å². The summed E-state index contributed by atoms with van der Waals surface area (Å²) in [6.07, 6.45) is 0.174. The topological polar surface area (TPSA) is 55.4 Å². The van der Waals surface area contributed by atoms with Gasteiger partial charge in [-0.05, 0) is 12.8 Å². The molecule has 0 spiro atoms. The Balaban J connectivity index is 3.48. The van der Waals surface area contributed by atoms with E-state index in [0.717, 1.165) is 0 Å². The Bertz CT molecular complexity index is 224. The number of amides is 1. The molecule has 66 valence electrons. The lowest BCUT2D eigenvalue weighted by atomic mass is 10.4. The lowest BCUT2D eigenvalue weighted by molar-refractivity contribution is -0.140. The van der Waals surface area contributed by atoms with Crippen molar-refractivity contribution in [2.45, 2.75) is 13.3 Å². The second-order valence-corrected chi connectivity index (χ2v) is 1.96. The number of methoxy groups -OCH3 is 1. The molecule has 0 aliphatic rings. The van der Waals surface area contributed by atoms with Crippen molar-refractivity contribution in [1.29, 1.82) is 0 Å². The van der Waals surface area contributed by atoms with Crippen molar-refractivity contribution >= 4 is 11.9 Å². The highest BCUT2D eigenvalue weighted by atomic mass is 16.5. The fourth-order valence-electron chi connectivity index (χ4n) is 0.538. The smallest absolute Gasteiger partial charge is 0.307 e. The molecule has 4 heteroatoms. The summed E-state index contributed by atoms with van der Waals surface area (Å²) in [5, 5.41) is 2.44. The SMILES string of the molecule is CC#CC(=O)NCCC(=O)OC. The fourth-order valence-corrected chi connectivity index (χ4v) is 0.538. The second kappa shape index (κ2) is 6.23. The molecule has 1 N–H and O–H groups in total. The van der Waals surface area contributed by atoms with E-state index in [2.05, 4.69) is 21.9 Å². The minimum absolute atomic E-state index is 0.174. The highest BCUT2D eigenvalue weighted by Gasteiger charge is 2.00. The predicted octanol–water partition coefficient (Wildman–Crippen LogP) is -0.311. The largest absolute Gasteiger partial charge is 0.469 e. The summed E-state index contributed by atoms with van der Waals surface area (Å²) in [4.78, 5) is 21.2. The summed E-state index contributed by atoms with van der Waals surface area (Å²) < 4.78 is 4.37. The van der Waals surface area contributed by atoms with Gasteiger partial charge in [0.15, 0.2) is 0 Å². The van der Waals surface area contributed by atoms with Crippen LogP contribution in [-0.2, 0) is 14.3 Å². The molecule has 0 saturated heterocycles. The standard InChI is InChI=1S/C8H11NO3/c1-3-4-7(10)9-6-5-8(11)12-2/h5-6H2,1-2H3,(H,9,10). The molecule has 1 amide bonds. The summed E-state index contributed by atoms with van der Waals surface area (Å²) in [7, 11) is 1.30. The number of esters is 1. The van der Waals surface area contributed by atoms with Crippen molar-refractivity contribution in [3.8, 4) is 11.8 Å². The third-order valence-corrected chi connectivity index (χ3v) is 1.08. The number of ether oxygens (including phenoxy) is 1. The lowest BCUT2D eigenvalue weighted by Gasteiger charge is -1.98. The summed E-state index contributed by atoms with van der Waals surface area (Å²) in [6.45, 7) is 1.83. The molecular formula is C8H11NO3. The number of carbonyl (C=O) groups excluding carboxylic acids is 2. The van der Waals surface area contributed by atoms with Crippen molar-refractivity contribution in [2.75, 3.05) is 13.7 Å². The zero-order valence-electron chi connectivity index (χ0n) is 7.14. The van der Waals surface area contributed by atoms with E-state index in [1.807, 2.05) is 0 Å². The van der Waals surface area contributed by atoms with Crippen LogP contribution in [0.4, 0.5) is 0 Å². The first kappa shape index (κ1) is 10.5. The maximum atomic E-state index is 10.7. The first-order chi connectivity index (χ1) is 5.70. The maximum absolute atomic E-state index is 10.7. The van der Waals surface area contributed by atoms with E-state index in [0.29, 0.717) is 0 Å². The predicted molar refractivity (Wildman–Crippen MR) is 43.1 cm³/mol. The van der Waals surface area contributed by atoms with Gasteiger partial charge in [-0.1, -0.05) is 5.92 Å². The highest BCUT2D eigenvalue weighted by molar-refractivity contribution is 5.93. The number of hydrogen-bond acceptors (Lipinski definition) is 3. The molecule has 0 radical (unpaired) electrons. The van der Waals surface area contributed by atoms with Crippen LogP contribution in [-0.4, -0.2) is 25.5 Å². The lowest BCUT2D eigenvalue weighted by Crippen LogP contribution is -2.24. The average Bonchev–Trinajstić information content (AvgIpc) is 2.04. The van der Waals surface area contributed by atoms with E-state index in [9.17, 15) is 9.59 Å². The van der Waals surface area contributed by atoms with Gasteiger partial charge in [-0.2, -0.15) is 0 Å². The van der Waals surface area contributed by atoms with Gasteiger partial charge in [0.05, 0.1) is 13.5 Å². The Labute approximate surface area is 71.3 Å². The summed E-state index contributed by atoms with van der Waals surface area (Å²) in [5.41, 5.74) is 0. The summed E-state index contributed by atoms with van der Waals surface area (Å²) >= 11 is 0. The molecule has 4 nitrogen and oxygen atoms in total. The Morgan fingerprint density at radius 1 is 1.50 bits per heavy atom. The maximum Gasteiger partial charge on any atom is 0.307 e. The summed E-state index contributed by atoms with van der Waals surface area (Å²) in [5.74, 6) is 4.01.